The van der Waals surface area contributed by atoms with Crippen molar-refractivity contribution in [1.29, 1.82) is 0 Å². The topological polar surface area (TPSA) is 35.2 Å². The summed E-state index contributed by atoms with van der Waals surface area (Å²) in [6.07, 6.45) is 0.907. The first-order valence-corrected chi connectivity index (χ1v) is 6.97. The molecule has 106 valence electrons. The summed E-state index contributed by atoms with van der Waals surface area (Å²) in [7, 11) is 1.70. The van der Waals surface area contributed by atoms with Gasteiger partial charge in [0.2, 0.25) is 0 Å². The predicted octanol–water partition coefficient (Wildman–Crippen LogP) is 3.46. The van der Waals surface area contributed by atoms with Crippen LogP contribution in [0.15, 0.2) is 48.5 Å². The highest BCUT2D eigenvalue weighted by atomic mass is 16.5. The molecule has 0 radical (unpaired) electrons. The van der Waals surface area contributed by atoms with Crippen LogP contribution in [0.4, 0.5) is 0 Å². The number of nitrogens with two attached hydrogens (primary N) is 1. The second-order valence-electron chi connectivity index (χ2n) is 5.66. The molecular formula is C18H23NO. The van der Waals surface area contributed by atoms with Gasteiger partial charge in [-0.25, -0.2) is 0 Å². The van der Waals surface area contributed by atoms with Gasteiger partial charge in [-0.3, -0.25) is 0 Å². The molecule has 0 aromatic heterocycles. The molecule has 0 aliphatic carbocycles. The minimum absolute atomic E-state index is 0.0572. The fourth-order valence-corrected chi connectivity index (χ4v) is 2.55. The Morgan fingerprint density at radius 1 is 1.10 bits per heavy atom. The zero-order chi connectivity index (χ0) is 14.6. The van der Waals surface area contributed by atoms with E-state index in [9.17, 15) is 0 Å². The van der Waals surface area contributed by atoms with Crippen LogP contribution in [0, 0.1) is 6.92 Å². The number of benzene rings is 2. The third-order valence-electron chi connectivity index (χ3n) is 3.89. The van der Waals surface area contributed by atoms with E-state index >= 15 is 0 Å². The Kier molecular flexibility index (Phi) is 4.46. The van der Waals surface area contributed by atoms with Crippen LogP contribution in [0.3, 0.4) is 0 Å². The molecule has 1 unspecified atom stereocenters. The first kappa shape index (κ1) is 14.6. The Labute approximate surface area is 121 Å². The molecule has 0 spiro atoms. The first-order chi connectivity index (χ1) is 9.57. The average molecular weight is 269 g/mol. The summed E-state index contributed by atoms with van der Waals surface area (Å²) in [6.45, 7) is 4.96. The van der Waals surface area contributed by atoms with Gasteiger partial charge in [-0.15, -0.1) is 0 Å². The van der Waals surface area contributed by atoms with E-state index in [1.165, 1.54) is 16.7 Å². The fourth-order valence-electron chi connectivity index (χ4n) is 2.55. The van der Waals surface area contributed by atoms with E-state index in [1.807, 2.05) is 12.1 Å². The van der Waals surface area contributed by atoms with Gasteiger partial charge in [-0.1, -0.05) is 48.9 Å². The van der Waals surface area contributed by atoms with Gasteiger partial charge in [0.15, 0.2) is 0 Å². The highest BCUT2D eigenvalue weighted by molar-refractivity contribution is 5.35. The minimum atomic E-state index is -0.0572. The van der Waals surface area contributed by atoms with Crippen molar-refractivity contribution in [1.82, 2.24) is 0 Å². The van der Waals surface area contributed by atoms with Crippen molar-refractivity contribution in [2.45, 2.75) is 25.7 Å². The van der Waals surface area contributed by atoms with Crippen LogP contribution in [-0.4, -0.2) is 13.7 Å². The quantitative estimate of drug-likeness (QED) is 0.902. The summed E-state index contributed by atoms with van der Waals surface area (Å²) in [6, 6.07) is 16.8. The zero-order valence-corrected chi connectivity index (χ0v) is 12.5. The Morgan fingerprint density at radius 3 is 2.50 bits per heavy atom. The fraction of sp³-hybridized carbons (Fsp3) is 0.333. The number of ether oxygens (including phenoxy) is 1. The van der Waals surface area contributed by atoms with Crippen molar-refractivity contribution in [3.05, 3.63) is 65.2 Å². The summed E-state index contributed by atoms with van der Waals surface area (Å²) >= 11 is 0. The molecule has 0 saturated heterocycles. The summed E-state index contributed by atoms with van der Waals surface area (Å²) < 4.78 is 5.30. The number of methoxy groups -OCH3 is 1. The Morgan fingerprint density at radius 2 is 1.85 bits per heavy atom. The molecule has 0 amide bonds. The largest absolute Gasteiger partial charge is 0.497 e. The van der Waals surface area contributed by atoms with E-state index in [4.69, 9.17) is 10.5 Å². The van der Waals surface area contributed by atoms with E-state index in [-0.39, 0.29) is 5.41 Å². The average Bonchev–Trinajstić information content (AvgIpc) is 2.47. The molecule has 0 aliphatic heterocycles. The van der Waals surface area contributed by atoms with Gasteiger partial charge < -0.3 is 10.5 Å². The van der Waals surface area contributed by atoms with Gasteiger partial charge in [0.1, 0.15) is 5.75 Å². The highest BCUT2D eigenvalue weighted by Crippen LogP contribution is 2.29. The van der Waals surface area contributed by atoms with Crippen molar-refractivity contribution in [2.24, 2.45) is 5.73 Å². The second kappa shape index (κ2) is 6.10. The summed E-state index contributed by atoms with van der Waals surface area (Å²) in [4.78, 5) is 0. The van der Waals surface area contributed by atoms with Gasteiger partial charge in [-0.05, 0) is 36.6 Å². The number of hydrogen-bond donors (Lipinski definition) is 1. The lowest BCUT2D eigenvalue weighted by Crippen LogP contribution is -2.34. The lowest BCUT2D eigenvalue weighted by atomic mass is 9.77. The Hall–Kier alpha value is -1.80. The van der Waals surface area contributed by atoms with Gasteiger partial charge >= 0.3 is 0 Å². The van der Waals surface area contributed by atoms with Crippen LogP contribution in [0.5, 0.6) is 5.75 Å². The van der Waals surface area contributed by atoms with E-state index < -0.39 is 0 Å². The van der Waals surface area contributed by atoms with Gasteiger partial charge in [0.05, 0.1) is 7.11 Å². The van der Waals surface area contributed by atoms with E-state index in [0.717, 1.165) is 12.2 Å². The predicted molar refractivity (Wildman–Crippen MR) is 84.3 cm³/mol. The molecule has 2 aromatic rings. The molecule has 2 aromatic carbocycles. The van der Waals surface area contributed by atoms with Crippen molar-refractivity contribution >= 4 is 0 Å². The molecule has 2 nitrogen and oxygen atoms in total. The minimum Gasteiger partial charge on any atom is -0.497 e. The van der Waals surface area contributed by atoms with Crippen LogP contribution >= 0.6 is 0 Å². The first-order valence-electron chi connectivity index (χ1n) is 6.97. The van der Waals surface area contributed by atoms with Crippen molar-refractivity contribution < 1.29 is 4.74 Å². The van der Waals surface area contributed by atoms with Gasteiger partial charge in [0.25, 0.3) is 0 Å². The molecule has 0 heterocycles. The lowest BCUT2D eigenvalue weighted by Gasteiger charge is -2.29. The standard InChI is InChI=1S/C18H23NO/c1-14-6-4-8-16(10-14)18(2,13-19)12-15-7-5-9-17(11-15)20-3/h4-11H,12-13,19H2,1-3H3. The smallest absolute Gasteiger partial charge is 0.119 e. The zero-order valence-electron chi connectivity index (χ0n) is 12.5. The van der Waals surface area contributed by atoms with Crippen LogP contribution < -0.4 is 10.5 Å². The Bertz CT molecular complexity index is 579. The number of rotatable bonds is 5. The SMILES string of the molecule is COc1cccc(CC(C)(CN)c2cccc(C)c2)c1. The van der Waals surface area contributed by atoms with Gasteiger partial charge in [-0.2, -0.15) is 0 Å². The van der Waals surface area contributed by atoms with Crippen LogP contribution in [0.1, 0.15) is 23.6 Å². The highest BCUT2D eigenvalue weighted by Gasteiger charge is 2.25. The van der Waals surface area contributed by atoms with E-state index in [2.05, 4.69) is 50.2 Å². The summed E-state index contributed by atoms with van der Waals surface area (Å²) in [5.41, 5.74) is 9.83. The second-order valence-corrected chi connectivity index (χ2v) is 5.66. The lowest BCUT2D eigenvalue weighted by molar-refractivity contribution is 0.413. The third kappa shape index (κ3) is 3.20. The number of hydrogen-bond acceptors (Lipinski definition) is 2. The molecule has 2 N–H and O–H groups in total. The molecule has 20 heavy (non-hydrogen) atoms. The maximum Gasteiger partial charge on any atom is 0.119 e. The Balaban J connectivity index is 2.31. The molecule has 2 rings (SSSR count). The van der Waals surface area contributed by atoms with Crippen molar-refractivity contribution in [3.63, 3.8) is 0 Å². The molecule has 0 aliphatic rings. The normalized spacial score (nSPS) is 13.8. The molecule has 0 fully saturated rings. The van der Waals surface area contributed by atoms with Crippen molar-refractivity contribution in [2.75, 3.05) is 13.7 Å². The molecule has 2 heteroatoms. The molecule has 1 atom stereocenters. The van der Waals surface area contributed by atoms with E-state index in [0.29, 0.717) is 6.54 Å². The maximum atomic E-state index is 6.08. The summed E-state index contributed by atoms with van der Waals surface area (Å²) in [5.74, 6) is 0.895. The molecular weight excluding hydrogens is 246 g/mol. The van der Waals surface area contributed by atoms with E-state index in [1.54, 1.807) is 7.11 Å². The van der Waals surface area contributed by atoms with Crippen LogP contribution in [0.25, 0.3) is 0 Å². The molecule has 0 saturated carbocycles. The van der Waals surface area contributed by atoms with Crippen LogP contribution in [-0.2, 0) is 11.8 Å². The summed E-state index contributed by atoms with van der Waals surface area (Å²) in [5, 5.41) is 0. The van der Waals surface area contributed by atoms with Gasteiger partial charge in [0, 0.05) is 12.0 Å². The maximum absolute atomic E-state index is 6.08. The number of aryl methyl sites for hydroxylation is 1. The molecule has 0 bridgehead atoms. The van der Waals surface area contributed by atoms with Crippen molar-refractivity contribution in [3.8, 4) is 5.75 Å². The monoisotopic (exact) mass is 269 g/mol. The van der Waals surface area contributed by atoms with Crippen LogP contribution in [0.2, 0.25) is 0 Å². The third-order valence-corrected chi connectivity index (χ3v) is 3.89.